The number of para-hydroxylation sites is 1. The maximum Gasteiger partial charge on any atom is 0.257 e. The lowest BCUT2D eigenvalue weighted by molar-refractivity contribution is 0.0631. The molecule has 1 saturated heterocycles. The number of methoxy groups -OCH3 is 1. The molecule has 0 bridgehead atoms. The molecule has 0 aliphatic carbocycles. The fraction of sp³-hybridized carbons (Fsp3) is 0.409. The Morgan fingerprint density at radius 3 is 2.80 bits per heavy atom. The molecule has 0 spiro atoms. The van der Waals surface area contributed by atoms with Gasteiger partial charge in [-0.25, -0.2) is 4.98 Å². The van der Waals surface area contributed by atoms with Gasteiger partial charge in [0.15, 0.2) is 0 Å². The van der Waals surface area contributed by atoms with Crippen molar-refractivity contribution in [3.8, 4) is 5.75 Å². The maximum absolute atomic E-state index is 13.5. The van der Waals surface area contributed by atoms with Gasteiger partial charge in [-0.05, 0) is 12.1 Å². The fourth-order valence-electron chi connectivity index (χ4n) is 3.82. The van der Waals surface area contributed by atoms with Gasteiger partial charge in [-0.2, -0.15) is 0 Å². The second-order valence-electron chi connectivity index (χ2n) is 8.32. The molecule has 0 saturated carbocycles. The molecule has 1 fully saturated rings. The van der Waals surface area contributed by atoms with Gasteiger partial charge in [0.05, 0.1) is 29.8 Å². The van der Waals surface area contributed by atoms with Crippen LogP contribution in [0, 0.1) is 0 Å². The number of benzene rings is 1. The average molecular weight is 431 g/mol. The number of rotatable bonds is 3. The molecule has 1 aliphatic rings. The Kier molecular flexibility index (Phi) is 6.33. The van der Waals surface area contributed by atoms with Gasteiger partial charge in [-0.15, -0.1) is 12.4 Å². The van der Waals surface area contributed by atoms with Crippen LogP contribution in [0.15, 0.2) is 41.1 Å². The van der Waals surface area contributed by atoms with Crippen molar-refractivity contribution in [3.05, 3.63) is 53.3 Å². The van der Waals surface area contributed by atoms with E-state index in [1.54, 1.807) is 13.3 Å². The van der Waals surface area contributed by atoms with E-state index in [0.717, 1.165) is 28.9 Å². The van der Waals surface area contributed by atoms with Crippen LogP contribution in [-0.2, 0) is 5.41 Å². The molecular weight excluding hydrogens is 404 g/mol. The predicted octanol–water partition coefficient (Wildman–Crippen LogP) is 3.74. The summed E-state index contributed by atoms with van der Waals surface area (Å²) in [6.07, 6.45) is 1.57. The smallest absolute Gasteiger partial charge is 0.257 e. The summed E-state index contributed by atoms with van der Waals surface area (Å²) >= 11 is 0. The number of nitrogens with one attached hydrogen (secondary N) is 1. The molecule has 1 aliphatic heterocycles. The number of nitrogens with zero attached hydrogens (tertiary/aromatic N) is 3. The molecule has 0 radical (unpaired) electrons. The van der Waals surface area contributed by atoms with Gasteiger partial charge in [0.25, 0.3) is 11.6 Å². The van der Waals surface area contributed by atoms with Crippen LogP contribution < -0.4 is 10.1 Å². The number of ether oxygens (including phenoxy) is 1. The van der Waals surface area contributed by atoms with Crippen molar-refractivity contribution >= 4 is 29.4 Å². The summed E-state index contributed by atoms with van der Waals surface area (Å²) in [4.78, 5) is 19.7. The first kappa shape index (κ1) is 22.1. The van der Waals surface area contributed by atoms with Crippen LogP contribution in [0.1, 0.15) is 48.4 Å². The molecule has 1 N–H and O–H groups in total. The molecule has 1 amide bonds. The van der Waals surface area contributed by atoms with Gasteiger partial charge in [-0.1, -0.05) is 44.1 Å². The quantitative estimate of drug-likeness (QED) is 0.681. The molecule has 8 heteroatoms. The van der Waals surface area contributed by atoms with Crippen molar-refractivity contribution in [1.29, 1.82) is 0 Å². The van der Waals surface area contributed by atoms with Crippen molar-refractivity contribution in [2.24, 2.45) is 0 Å². The Labute approximate surface area is 182 Å². The summed E-state index contributed by atoms with van der Waals surface area (Å²) in [5.74, 6) is 0.722. The average Bonchev–Trinajstić information content (AvgIpc) is 3.17. The monoisotopic (exact) mass is 430 g/mol. The van der Waals surface area contributed by atoms with E-state index in [0.29, 0.717) is 24.4 Å². The highest BCUT2D eigenvalue weighted by atomic mass is 35.5. The third kappa shape index (κ3) is 4.00. The number of halogens is 1. The Morgan fingerprint density at radius 1 is 1.30 bits per heavy atom. The lowest BCUT2D eigenvalue weighted by Gasteiger charge is -2.37. The normalized spacial score (nSPS) is 16.9. The van der Waals surface area contributed by atoms with Crippen molar-refractivity contribution in [3.63, 3.8) is 0 Å². The van der Waals surface area contributed by atoms with E-state index in [1.165, 1.54) is 0 Å². The van der Waals surface area contributed by atoms with E-state index in [4.69, 9.17) is 9.26 Å². The van der Waals surface area contributed by atoms with Crippen LogP contribution in [0.5, 0.6) is 5.75 Å². The first-order chi connectivity index (χ1) is 13.9. The highest BCUT2D eigenvalue weighted by molar-refractivity contribution is 5.97. The number of carbonyl (C=O) groups is 1. The Bertz CT molecular complexity index is 1040. The highest BCUT2D eigenvalue weighted by Gasteiger charge is 2.31. The zero-order valence-electron chi connectivity index (χ0n) is 17.6. The van der Waals surface area contributed by atoms with Crippen LogP contribution >= 0.6 is 12.4 Å². The van der Waals surface area contributed by atoms with E-state index in [-0.39, 0.29) is 29.8 Å². The lowest BCUT2D eigenvalue weighted by atomic mass is 9.90. The third-order valence-corrected chi connectivity index (χ3v) is 5.29. The number of pyridine rings is 1. The van der Waals surface area contributed by atoms with Crippen LogP contribution in [0.2, 0.25) is 0 Å². The fourth-order valence-corrected chi connectivity index (χ4v) is 3.82. The van der Waals surface area contributed by atoms with Crippen LogP contribution in [-0.4, -0.2) is 47.7 Å². The molecular formula is C22H27ClN4O3. The number of piperazine rings is 1. The summed E-state index contributed by atoms with van der Waals surface area (Å²) < 4.78 is 10.9. The molecule has 7 nitrogen and oxygen atoms in total. The van der Waals surface area contributed by atoms with Gasteiger partial charge in [0.2, 0.25) is 0 Å². The third-order valence-electron chi connectivity index (χ3n) is 5.29. The van der Waals surface area contributed by atoms with Gasteiger partial charge in [-0.3, -0.25) is 4.79 Å². The van der Waals surface area contributed by atoms with Crippen molar-refractivity contribution in [2.45, 2.75) is 32.2 Å². The predicted molar refractivity (Wildman–Crippen MR) is 117 cm³/mol. The molecule has 1 atom stereocenters. The largest absolute Gasteiger partial charge is 0.496 e. The summed E-state index contributed by atoms with van der Waals surface area (Å²) in [7, 11) is 1.65. The first-order valence-electron chi connectivity index (χ1n) is 9.80. The van der Waals surface area contributed by atoms with Gasteiger partial charge >= 0.3 is 0 Å². The molecule has 160 valence electrons. The summed E-state index contributed by atoms with van der Waals surface area (Å²) in [6, 6.07) is 9.57. The van der Waals surface area contributed by atoms with Crippen molar-refractivity contribution in [2.75, 3.05) is 26.7 Å². The second kappa shape index (κ2) is 8.62. The van der Waals surface area contributed by atoms with Crippen LogP contribution in [0.25, 0.3) is 11.1 Å². The summed E-state index contributed by atoms with van der Waals surface area (Å²) in [5, 5.41) is 8.35. The highest BCUT2D eigenvalue weighted by Crippen LogP contribution is 2.32. The van der Waals surface area contributed by atoms with Crippen molar-refractivity contribution < 1.29 is 14.1 Å². The Morgan fingerprint density at radius 2 is 2.07 bits per heavy atom. The molecule has 4 rings (SSSR count). The van der Waals surface area contributed by atoms with E-state index < -0.39 is 0 Å². The molecule has 1 unspecified atom stereocenters. The van der Waals surface area contributed by atoms with Crippen molar-refractivity contribution in [1.82, 2.24) is 20.4 Å². The van der Waals surface area contributed by atoms with Crippen LogP contribution in [0.4, 0.5) is 0 Å². The van der Waals surface area contributed by atoms with Gasteiger partial charge < -0.3 is 19.5 Å². The molecule has 3 heterocycles. The van der Waals surface area contributed by atoms with E-state index >= 15 is 0 Å². The summed E-state index contributed by atoms with van der Waals surface area (Å²) in [5.41, 5.74) is 2.58. The topological polar surface area (TPSA) is 80.5 Å². The van der Waals surface area contributed by atoms with Gasteiger partial charge in [0.1, 0.15) is 5.75 Å². The second-order valence-corrected chi connectivity index (χ2v) is 8.32. The Hall–Kier alpha value is -2.64. The number of amides is 1. The number of hydrogen-bond donors (Lipinski definition) is 1. The number of fused-ring (bicyclic) bond motifs is 1. The zero-order chi connectivity index (χ0) is 20.6. The minimum atomic E-state index is -0.205. The van der Waals surface area contributed by atoms with E-state index in [1.807, 2.05) is 35.2 Å². The Balaban J connectivity index is 0.00000256. The summed E-state index contributed by atoms with van der Waals surface area (Å²) in [6.45, 7) is 8.21. The number of aromatic nitrogens is 2. The van der Waals surface area contributed by atoms with E-state index in [9.17, 15) is 4.79 Å². The van der Waals surface area contributed by atoms with Gasteiger partial charge in [0, 0.05) is 36.8 Å². The molecule has 1 aromatic carbocycles. The SMILES string of the molecule is COc1ccccc1C1CNCCN1C(=O)c1cnc2onc(C(C)(C)C)c2c1.Cl. The minimum absolute atomic E-state index is 0. The number of carbonyl (C=O) groups excluding carboxylic acids is 1. The molecule has 3 aromatic rings. The molecule has 30 heavy (non-hydrogen) atoms. The first-order valence-corrected chi connectivity index (χ1v) is 9.80. The van der Waals surface area contributed by atoms with E-state index in [2.05, 4.69) is 36.2 Å². The standard InChI is InChI=1S/C22H26N4O3.ClH/c1-22(2,3)19-16-11-14(12-24-20(16)29-25-19)21(27)26-10-9-23-13-17(26)15-7-5-6-8-18(15)28-4;/h5-8,11-12,17,23H,9-10,13H2,1-4H3;1H. The molecule has 2 aromatic heterocycles. The maximum atomic E-state index is 13.5. The zero-order valence-corrected chi connectivity index (χ0v) is 18.5. The minimum Gasteiger partial charge on any atom is -0.496 e. The lowest BCUT2D eigenvalue weighted by Crippen LogP contribution is -2.48. The number of hydrogen-bond acceptors (Lipinski definition) is 6. The van der Waals surface area contributed by atoms with Crippen LogP contribution in [0.3, 0.4) is 0 Å².